The first-order valence-corrected chi connectivity index (χ1v) is 9.01. The normalized spacial score (nSPS) is 17.7. The third kappa shape index (κ3) is 3.46. The highest BCUT2D eigenvalue weighted by Gasteiger charge is 2.22. The molecule has 1 saturated heterocycles. The van der Waals surface area contributed by atoms with Gasteiger partial charge in [0.1, 0.15) is 5.82 Å². The van der Waals surface area contributed by atoms with Crippen LogP contribution in [0.15, 0.2) is 42.9 Å². The van der Waals surface area contributed by atoms with Gasteiger partial charge in [-0.25, -0.2) is 4.98 Å². The van der Waals surface area contributed by atoms with E-state index >= 15 is 0 Å². The number of aromatic nitrogens is 3. The van der Waals surface area contributed by atoms with E-state index in [9.17, 15) is 4.79 Å². The van der Waals surface area contributed by atoms with Gasteiger partial charge >= 0.3 is 0 Å². The molecule has 0 radical (unpaired) electrons. The third-order valence-electron chi connectivity index (χ3n) is 5.06. The Morgan fingerprint density at radius 3 is 2.85 bits per heavy atom. The van der Waals surface area contributed by atoms with E-state index in [1.807, 2.05) is 31.6 Å². The molecule has 1 aliphatic rings. The minimum Gasteiger partial charge on any atom is -0.310 e. The molecule has 4 rings (SSSR count). The van der Waals surface area contributed by atoms with Crippen LogP contribution in [0.1, 0.15) is 19.8 Å². The highest BCUT2D eigenvalue weighted by molar-refractivity contribution is 5.94. The molecule has 3 heterocycles. The number of rotatable bonds is 4. The number of fused-ring (bicyclic) bond motifs is 1. The standard InChI is InChI=1S/C20H23N5O/c1-14-4-3-7-25(14)13-20(26)23-19-9-17-8-15(5-6-16(17)10-21-19)18-11-22-24(2)12-18/h5-6,8-12,14H,3-4,7,13H2,1-2H3,(H,21,23,26). The molecule has 1 fully saturated rings. The van der Waals surface area contributed by atoms with Crippen LogP contribution < -0.4 is 5.32 Å². The molecule has 1 aromatic carbocycles. The average molecular weight is 349 g/mol. The summed E-state index contributed by atoms with van der Waals surface area (Å²) in [5.41, 5.74) is 2.17. The molecule has 134 valence electrons. The number of hydrogen-bond acceptors (Lipinski definition) is 4. The molecule has 6 heteroatoms. The number of hydrogen-bond donors (Lipinski definition) is 1. The minimum atomic E-state index is -0.00554. The van der Waals surface area contributed by atoms with E-state index in [2.05, 4.69) is 39.4 Å². The fourth-order valence-corrected chi connectivity index (χ4v) is 3.55. The van der Waals surface area contributed by atoms with Crippen molar-refractivity contribution >= 4 is 22.5 Å². The van der Waals surface area contributed by atoms with Crippen LogP contribution in [0.3, 0.4) is 0 Å². The first-order chi connectivity index (χ1) is 12.6. The smallest absolute Gasteiger partial charge is 0.239 e. The zero-order valence-electron chi connectivity index (χ0n) is 15.1. The Labute approximate surface area is 152 Å². The Morgan fingerprint density at radius 1 is 1.23 bits per heavy atom. The zero-order valence-corrected chi connectivity index (χ0v) is 15.1. The fraction of sp³-hybridized carbons (Fsp3) is 0.350. The molecule has 1 unspecified atom stereocenters. The minimum absolute atomic E-state index is 0.00554. The first-order valence-electron chi connectivity index (χ1n) is 9.01. The molecular formula is C20H23N5O. The van der Waals surface area contributed by atoms with Gasteiger partial charge in [0, 0.05) is 36.4 Å². The Hall–Kier alpha value is -2.73. The molecule has 0 saturated carbocycles. The monoisotopic (exact) mass is 349 g/mol. The van der Waals surface area contributed by atoms with Crippen LogP contribution in [0.4, 0.5) is 5.82 Å². The van der Waals surface area contributed by atoms with Gasteiger partial charge < -0.3 is 5.32 Å². The Bertz CT molecular complexity index is 948. The predicted molar refractivity (Wildman–Crippen MR) is 103 cm³/mol. The number of nitrogens with zero attached hydrogens (tertiary/aromatic N) is 4. The molecule has 6 nitrogen and oxygen atoms in total. The van der Waals surface area contributed by atoms with E-state index in [-0.39, 0.29) is 5.91 Å². The second-order valence-electron chi connectivity index (χ2n) is 7.04. The molecule has 0 spiro atoms. The quantitative estimate of drug-likeness (QED) is 0.786. The molecule has 26 heavy (non-hydrogen) atoms. The summed E-state index contributed by atoms with van der Waals surface area (Å²) in [6, 6.07) is 8.62. The summed E-state index contributed by atoms with van der Waals surface area (Å²) in [7, 11) is 1.91. The predicted octanol–water partition coefficient (Wildman–Crippen LogP) is 3.06. The van der Waals surface area contributed by atoms with Crippen molar-refractivity contribution in [2.45, 2.75) is 25.8 Å². The number of pyridine rings is 1. The van der Waals surface area contributed by atoms with Crippen LogP contribution >= 0.6 is 0 Å². The van der Waals surface area contributed by atoms with Gasteiger partial charge in [0.15, 0.2) is 0 Å². The SMILES string of the molecule is CC1CCCN1CC(=O)Nc1cc2cc(-c3cnn(C)c3)ccc2cn1. The Morgan fingerprint density at radius 2 is 2.12 bits per heavy atom. The van der Waals surface area contributed by atoms with Crippen molar-refractivity contribution in [1.29, 1.82) is 0 Å². The lowest BCUT2D eigenvalue weighted by molar-refractivity contribution is -0.117. The molecule has 2 aromatic heterocycles. The molecule has 3 aromatic rings. The topological polar surface area (TPSA) is 63.1 Å². The van der Waals surface area contributed by atoms with Crippen molar-refractivity contribution in [3.05, 3.63) is 42.9 Å². The largest absolute Gasteiger partial charge is 0.310 e. The van der Waals surface area contributed by atoms with Crippen molar-refractivity contribution in [3.8, 4) is 11.1 Å². The van der Waals surface area contributed by atoms with Gasteiger partial charge in [-0.3, -0.25) is 14.4 Å². The second-order valence-corrected chi connectivity index (χ2v) is 7.04. The van der Waals surface area contributed by atoms with E-state index < -0.39 is 0 Å². The Kier molecular flexibility index (Phi) is 4.42. The first kappa shape index (κ1) is 16.7. The molecular weight excluding hydrogens is 326 g/mol. The number of amides is 1. The number of anilines is 1. The number of carbonyl (C=O) groups is 1. The highest BCUT2D eigenvalue weighted by Crippen LogP contribution is 2.25. The van der Waals surface area contributed by atoms with Crippen molar-refractivity contribution in [1.82, 2.24) is 19.7 Å². The molecule has 0 bridgehead atoms. The molecule has 0 aliphatic carbocycles. The Balaban J connectivity index is 1.53. The zero-order chi connectivity index (χ0) is 18.1. The maximum atomic E-state index is 12.3. The van der Waals surface area contributed by atoms with Crippen molar-refractivity contribution in [2.75, 3.05) is 18.4 Å². The van der Waals surface area contributed by atoms with E-state index in [4.69, 9.17) is 0 Å². The summed E-state index contributed by atoms with van der Waals surface area (Å²) in [6.45, 7) is 3.60. The number of benzene rings is 1. The fourth-order valence-electron chi connectivity index (χ4n) is 3.55. The van der Waals surface area contributed by atoms with Gasteiger partial charge in [-0.2, -0.15) is 5.10 Å². The van der Waals surface area contributed by atoms with E-state index in [1.54, 1.807) is 10.9 Å². The number of carbonyl (C=O) groups excluding carboxylic acids is 1. The van der Waals surface area contributed by atoms with E-state index in [1.165, 1.54) is 12.8 Å². The van der Waals surface area contributed by atoms with Crippen molar-refractivity contribution < 1.29 is 4.79 Å². The van der Waals surface area contributed by atoms with Gasteiger partial charge in [-0.05, 0) is 49.4 Å². The third-order valence-corrected chi connectivity index (χ3v) is 5.06. The molecule has 1 atom stereocenters. The summed E-state index contributed by atoms with van der Waals surface area (Å²) < 4.78 is 1.79. The van der Waals surface area contributed by atoms with Crippen LogP contribution in [-0.2, 0) is 11.8 Å². The number of aryl methyl sites for hydroxylation is 1. The maximum Gasteiger partial charge on any atom is 0.239 e. The van der Waals surface area contributed by atoms with Gasteiger partial charge in [0.05, 0.1) is 12.7 Å². The maximum absolute atomic E-state index is 12.3. The summed E-state index contributed by atoms with van der Waals surface area (Å²) in [6.07, 6.45) is 7.97. The molecule has 1 amide bonds. The summed E-state index contributed by atoms with van der Waals surface area (Å²) in [5.74, 6) is 0.590. The summed E-state index contributed by atoms with van der Waals surface area (Å²) in [4.78, 5) is 18.9. The van der Waals surface area contributed by atoms with E-state index in [0.29, 0.717) is 18.4 Å². The van der Waals surface area contributed by atoms with Crippen molar-refractivity contribution in [2.24, 2.45) is 7.05 Å². The average Bonchev–Trinajstić information content (AvgIpc) is 3.23. The second kappa shape index (κ2) is 6.88. The van der Waals surface area contributed by atoms with Crippen LogP contribution in [0.5, 0.6) is 0 Å². The van der Waals surface area contributed by atoms with Gasteiger partial charge in [0.25, 0.3) is 0 Å². The van der Waals surface area contributed by atoms with Crippen LogP contribution in [0, 0.1) is 0 Å². The van der Waals surface area contributed by atoms with Crippen LogP contribution in [-0.4, -0.2) is 44.7 Å². The lowest BCUT2D eigenvalue weighted by Gasteiger charge is -2.19. The molecule has 1 aliphatic heterocycles. The molecule has 1 N–H and O–H groups in total. The number of likely N-dealkylation sites (tertiary alicyclic amines) is 1. The van der Waals surface area contributed by atoms with Crippen LogP contribution in [0.25, 0.3) is 21.9 Å². The van der Waals surface area contributed by atoms with E-state index in [0.717, 1.165) is 28.4 Å². The lowest BCUT2D eigenvalue weighted by atomic mass is 10.1. The lowest BCUT2D eigenvalue weighted by Crippen LogP contribution is -2.35. The van der Waals surface area contributed by atoms with Gasteiger partial charge in [-0.1, -0.05) is 12.1 Å². The number of nitrogens with one attached hydrogen (secondary N) is 1. The van der Waals surface area contributed by atoms with Crippen LogP contribution in [0.2, 0.25) is 0 Å². The summed E-state index contributed by atoms with van der Waals surface area (Å²) >= 11 is 0. The van der Waals surface area contributed by atoms with Crippen molar-refractivity contribution in [3.63, 3.8) is 0 Å². The van der Waals surface area contributed by atoms with Gasteiger partial charge in [0.2, 0.25) is 5.91 Å². The van der Waals surface area contributed by atoms with Gasteiger partial charge in [-0.15, -0.1) is 0 Å². The summed E-state index contributed by atoms with van der Waals surface area (Å²) in [5, 5.41) is 9.26. The highest BCUT2D eigenvalue weighted by atomic mass is 16.2.